The first-order valence-electron chi connectivity index (χ1n) is 8.57. The molecule has 0 aliphatic carbocycles. The second kappa shape index (κ2) is 7.44. The monoisotopic (exact) mass is 376 g/mol. The van der Waals surface area contributed by atoms with Crippen LogP contribution in [0.3, 0.4) is 0 Å². The van der Waals surface area contributed by atoms with E-state index in [-0.39, 0.29) is 12.4 Å². The quantitative estimate of drug-likeness (QED) is 0.379. The second-order valence-electron chi connectivity index (χ2n) is 6.05. The largest absolute Gasteiger partial charge is 0.486 e. The molecule has 6 nitrogen and oxygen atoms in total. The van der Waals surface area contributed by atoms with Crippen molar-refractivity contribution < 1.29 is 23.1 Å². The Hall–Kier alpha value is -3.80. The van der Waals surface area contributed by atoms with Gasteiger partial charge in [0.05, 0.1) is 7.11 Å². The number of benzene rings is 2. The Morgan fingerprint density at radius 1 is 0.964 bits per heavy atom. The predicted molar refractivity (Wildman–Crippen MR) is 102 cm³/mol. The maximum atomic E-state index is 12.0. The van der Waals surface area contributed by atoms with Crippen molar-refractivity contribution >= 4 is 16.9 Å². The number of methoxy groups -OCH3 is 1. The van der Waals surface area contributed by atoms with Crippen LogP contribution in [-0.4, -0.2) is 13.1 Å². The molecule has 6 heteroatoms. The lowest BCUT2D eigenvalue weighted by Crippen LogP contribution is -2.00. The van der Waals surface area contributed by atoms with Gasteiger partial charge in [0.2, 0.25) is 5.76 Å². The fourth-order valence-corrected chi connectivity index (χ4v) is 2.91. The first-order chi connectivity index (χ1) is 13.6. The van der Waals surface area contributed by atoms with Crippen molar-refractivity contribution in [3.63, 3.8) is 0 Å². The van der Waals surface area contributed by atoms with Gasteiger partial charge in [-0.25, -0.2) is 9.59 Å². The van der Waals surface area contributed by atoms with Crippen molar-refractivity contribution in [2.45, 2.75) is 6.61 Å². The molecule has 2 aromatic carbocycles. The molecule has 4 rings (SSSR count). The highest BCUT2D eigenvalue weighted by Crippen LogP contribution is 2.29. The second-order valence-corrected chi connectivity index (χ2v) is 6.05. The summed E-state index contributed by atoms with van der Waals surface area (Å²) in [5.41, 5.74) is 1.72. The molecule has 0 amide bonds. The van der Waals surface area contributed by atoms with Crippen LogP contribution in [0.4, 0.5) is 0 Å². The number of hydrogen-bond donors (Lipinski definition) is 0. The van der Waals surface area contributed by atoms with Crippen molar-refractivity contribution in [1.29, 1.82) is 0 Å². The van der Waals surface area contributed by atoms with Gasteiger partial charge in [-0.15, -0.1) is 0 Å². The van der Waals surface area contributed by atoms with E-state index in [1.165, 1.54) is 19.2 Å². The summed E-state index contributed by atoms with van der Waals surface area (Å²) in [6.07, 6.45) is 0. The number of hydrogen-bond acceptors (Lipinski definition) is 6. The number of furan rings is 1. The molecule has 2 heterocycles. The number of fused-ring (bicyclic) bond motifs is 1. The van der Waals surface area contributed by atoms with E-state index in [1.807, 2.05) is 36.4 Å². The number of esters is 1. The van der Waals surface area contributed by atoms with Crippen LogP contribution in [-0.2, 0) is 11.3 Å². The molecule has 0 unspecified atom stereocenters. The zero-order valence-corrected chi connectivity index (χ0v) is 15.0. The van der Waals surface area contributed by atoms with Crippen LogP contribution >= 0.6 is 0 Å². The molecule has 2 aromatic heterocycles. The average molecular weight is 376 g/mol. The predicted octanol–water partition coefficient (Wildman–Crippen LogP) is 4.42. The molecular formula is C22H16O6. The molecule has 0 spiro atoms. The molecule has 0 saturated heterocycles. The summed E-state index contributed by atoms with van der Waals surface area (Å²) in [5.74, 6) is 0.544. The minimum absolute atomic E-state index is 0.109. The van der Waals surface area contributed by atoms with Crippen LogP contribution in [0.1, 0.15) is 16.3 Å². The Morgan fingerprint density at radius 2 is 1.79 bits per heavy atom. The van der Waals surface area contributed by atoms with E-state index < -0.39 is 11.6 Å². The summed E-state index contributed by atoms with van der Waals surface area (Å²) in [6.45, 7) is 0.116. The van der Waals surface area contributed by atoms with Crippen LogP contribution < -0.4 is 10.4 Å². The standard InChI is InChI=1S/C22H16O6/c1-25-22(24)19-10-8-16(27-19)13-26-15-7-9-17-18(14-5-3-2-4-6-14)12-21(23)28-20(17)11-15/h2-12H,13H2,1H3. The maximum absolute atomic E-state index is 12.0. The van der Waals surface area contributed by atoms with Gasteiger partial charge in [-0.1, -0.05) is 30.3 Å². The van der Waals surface area contributed by atoms with Gasteiger partial charge >= 0.3 is 11.6 Å². The molecule has 140 valence electrons. The molecule has 28 heavy (non-hydrogen) atoms. The zero-order chi connectivity index (χ0) is 19.5. The van der Waals surface area contributed by atoms with Crippen LogP contribution in [0.15, 0.2) is 80.4 Å². The smallest absolute Gasteiger partial charge is 0.373 e. The lowest BCUT2D eigenvalue weighted by atomic mass is 10.0. The summed E-state index contributed by atoms with van der Waals surface area (Å²) in [6, 6.07) is 19.6. The van der Waals surface area contributed by atoms with Crippen molar-refractivity contribution in [2.75, 3.05) is 7.11 Å². The van der Waals surface area contributed by atoms with E-state index in [1.54, 1.807) is 18.2 Å². The zero-order valence-electron chi connectivity index (χ0n) is 15.0. The third-order valence-corrected chi connectivity index (χ3v) is 4.23. The van der Waals surface area contributed by atoms with E-state index in [0.717, 1.165) is 16.5 Å². The van der Waals surface area contributed by atoms with Gasteiger partial charge in [0.25, 0.3) is 0 Å². The van der Waals surface area contributed by atoms with Gasteiger partial charge in [0, 0.05) is 17.5 Å². The Bertz CT molecular complexity index is 1190. The van der Waals surface area contributed by atoms with Crippen LogP contribution in [0, 0.1) is 0 Å². The Labute approximate surface area is 159 Å². The lowest BCUT2D eigenvalue weighted by molar-refractivity contribution is 0.0561. The molecule has 0 aliphatic heterocycles. The fourth-order valence-electron chi connectivity index (χ4n) is 2.91. The van der Waals surface area contributed by atoms with Gasteiger partial charge < -0.3 is 18.3 Å². The first-order valence-corrected chi connectivity index (χ1v) is 8.57. The lowest BCUT2D eigenvalue weighted by Gasteiger charge is -2.08. The van der Waals surface area contributed by atoms with E-state index in [4.69, 9.17) is 13.6 Å². The van der Waals surface area contributed by atoms with E-state index in [9.17, 15) is 9.59 Å². The van der Waals surface area contributed by atoms with Crippen molar-refractivity contribution in [2.24, 2.45) is 0 Å². The van der Waals surface area contributed by atoms with Crippen molar-refractivity contribution in [1.82, 2.24) is 0 Å². The highest BCUT2D eigenvalue weighted by molar-refractivity contribution is 5.93. The maximum Gasteiger partial charge on any atom is 0.373 e. The molecule has 0 atom stereocenters. The number of rotatable bonds is 5. The third kappa shape index (κ3) is 3.53. The minimum Gasteiger partial charge on any atom is -0.486 e. The molecule has 0 N–H and O–H groups in total. The Balaban J connectivity index is 1.61. The van der Waals surface area contributed by atoms with E-state index in [2.05, 4.69) is 4.74 Å². The van der Waals surface area contributed by atoms with Gasteiger partial charge in [-0.2, -0.15) is 0 Å². The normalized spacial score (nSPS) is 10.8. The number of carbonyl (C=O) groups is 1. The van der Waals surface area contributed by atoms with Crippen LogP contribution in [0.25, 0.3) is 22.1 Å². The van der Waals surface area contributed by atoms with E-state index >= 15 is 0 Å². The molecule has 0 saturated carbocycles. The highest BCUT2D eigenvalue weighted by Gasteiger charge is 2.12. The molecule has 0 fully saturated rings. The summed E-state index contributed by atoms with van der Waals surface area (Å²) < 4.78 is 21.0. The van der Waals surface area contributed by atoms with Crippen LogP contribution in [0.5, 0.6) is 5.75 Å². The summed E-state index contributed by atoms with van der Waals surface area (Å²) in [7, 11) is 1.29. The SMILES string of the molecule is COC(=O)c1ccc(COc2ccc3c(-c4ccccc4)cc(=O)oc3c2)o1. The van der Waals surface area contributed by atoms with Gasteiger partial charge in [0.1, 0.15) is 23.7 Å². The summed E-state index contributed by atoms with van der Waals surface area (Å²) in [4.78, 5) is 23.4. The van der Waals surface area contributed by atoms with Crippen molar-refractivity contribution in [3.8, 4) is 16.9 Å². The molecule has 0 bridgehead atoms. The summed E-state index contributed by atoms with van der Waals surface area (Å²) >= 11 is 0. The van der Waals surface area contributed by atoms with E-state index in [0.29, 0.717) is 17.1 Å². The average Bonchev–Trinajstić information content (AvgIpc) is 3.20. The Morgan fingerprint density at radius 3 is 2.57 bits per heavy atom. The first kappa shape index (κ1) is 17.6. The molecule has 0 radical (unpaired) electrons. The Kier molecular flexibility index (Phi) is 4.68. The fraction of sp³-hybridized carbons (Fsp3) is 0.0909. The molecule has 0 aliphatic rings. The third-order valence-electron chi connectivity index (χ3n) is 4.23. The van der Waals surface area contributed by atoms with Crippen LogP contribution in [0.2, 0.25) is 0 Å². The topological polar surface area (TPSA) is 78.9 Å². The van der Waals surface area contributed by atoms with Gasteiger partial charge in [-0.3, -0.25) is 0 Å². The highest BCUT2D eigenvalue weighted by atomic mass is 16.5. The molecular weight excluding hydrogens is 360 g/mol. The number of ether oxygens (including phenoxy) is 2. The van der Waals surface area contributed by atoms with Gasteiger partial charge in [-0.05, 0) is 35.4 Å². The summed E-state index contributed by atoms with van der Waals surface area (Å²) in [5, 5.41) is 0.809. The van der Waals surface area contributed by atoms with Gasteiger partial charge in [0.15, 0.2) is 0 Å². The molecule has 4 aromatic rings. The minimum atomic E-state index is -0.549. The van der Waals surface area contributed by atoms with Crippen molar-refractivity contribution in [3.05, 3.63) is 88.7 Å². The number of carbonyl (C=O) groups excluding carboxylic acids is 1.